The Kier molecular flexibility index (Phi) is 6.12. The van der Waals surface area contributed by atoms with Crippen LogP contribution in [0.15, 0.2) is 0 Å². The van der Waals surface area contributed by atoms with Crippen molar-refractivity contribution >= 4 is 28.2 Å². The van der Waals surface area contributed by atoms with Crippen LogP contribution in [0, 0.1) is 5.41 Å². The van der Waals surface area contributed by atoms with Crippen molar-refractivity contribution in [2.45, 2.75) is 24.9 Å². The number of carbonyl (C=O) groups is 2. The lowest BCUT2D eigenvalue weighted by Crippen LogP contribution is -2.49. The Bertz CT molecular complexity index is 640. The molecule has 3 amide bonds. The van der Waals surface area contributed by atoms with Crippen LogP contribution in [0.1, 0.15) is 12.8 Å². The summed E-state index contributed by atoms with van der Waals surface area (Å²) in [7, 11) is -4.83. The highest BCUT2D eigenvalue weighted by molar-refractivity contribution is 7.80. The zero-order chi connectivity index (χ0) is 18.6. The molecule has 2 aliphatic heterocycles. The van der Waals surface area contributed by atoms with E-state index in [1.165, 1.54) is 0 Å². The quantitative estimate of drug-likeness (QED) is 0.115. The van der Waals surface area contributed by atoms with Gasteiger partial charge in [0.25, 0.3) is 5.91 Å². The van der Waals surface area contributed by atoms with Crippen molar-refractivity contribution in [3.63, 3.8) is 0 Å². The fourth-order valence-electron chi connectivity index (χ4n) is 2.58. The maximum atomic E-state index is 12.1. The lowest BCUT2D eigenvalue weighted by Gasteiger charge is -2.28. The van der Waals surface area contributed by atoms with Crippen molar-refractivity contribution in [2.75, 3.05) is 26.4 Å². The first-order valence-corrected chi connectivity index (χ1v) is 8.64. The van der Waals surface area contributed by atoms with Gasteiger partial charge in [0.1, 0.15) is 18.5 Å². The summed E-state index contributed by atoms with van der Waals surface area (Å²) in [5.41, 5.74) is 7.28. The average molecular weight is 381 g/mol. The molecule has 0 aromatic rings. The van der Waals surface area contributed by atoms with Gasteiger partial charge in [0.2, 0.25) is 0 Å². The van der Waals surface area contributed by atoms with Crippen molar-refractivity contribution in [1.29, 1.82) is 5.41 Å². The van der Waals surface area contributed by atoms with E-state index in [4.69, 9.17) is 25.3 Å². The van der Waals surface area contributed by atoms with Gasteiger partial charge in [-0.2, -0.15) is 13.5 Å². The van der Waals surface area contributed by atoms with Gasteiger partial charge in [-0.1, -0.05) is 0 Å². The average Bonchev–Trinajstić information content (AvgIpc) is 2.74. The van der Waals surface area contributed by atoms with Gasteiger partial charge in [0, 0.05) is 6.54 Å². The van der Waals surface area contributed by atoms with E-state index in [9.17, 15) is 18.0 Å². The molecule has 2 fully saturated rings. The molecule has 0 spiro atoms. The first-order valence-electron chi connectivity index (χ1n) is 7.28. The number of fused-ring (bicyclic) bond motifs is 2. The number of hydroxylamine groups is 3. The van der Waals surface area contributed by atoms with Crippen LogP contribution in [0.25, 0.3) is 0 Å². The van der Waals surface area contributed by atoms with Crippen LogP contribution in [0.3, 0.4) is 0 Å². The number of ether oxygens (including phenoxy) is 1. The molecule has 5 N–H and O–H groups in total. The van der Waals surface area contributed by atoms with Crippen molar-refractivity contribution < 1.29 is 36.4 Å². The Hall–Kier alpha value is -2.00. The molecule has 2 bridgehead atoms. The number of carbonyl (C=O) groups excluding carboxylic acids is 2. The van der Waals surface area contributed by atoms with Gasteiger partial charge in [0.05, 0.1) is 19.3 Å². The summed E-state index contributed by atoms with van der Waals surface area (Å²) < 4.78 is 39.5. The molecule has 0 unspecified atom stereocenters. The van der Waals surface area contributed by atoms with Crippen LogP contribution in [0.5, 0.6) is 0 Å². The minimum atomic E-state index is -4.83. The summed E-state index contributed by atoms with van der Waals surface area (Å²) in [6, 6.07) is -2.25. The summed E-state index contributed by atoms with van der Waals surface area (Å²) >= 11 is 0. The number of nitrogens with zero attached hydrogens (tertiary/aromatic N) is 2. The van der Waals surface area contributed by atoms with Gasteiger partial charge >= 0.3 is 16.4 Å². The Morgan fingerprint density at radius 1 is 1.40 bits per heavy atom. The number of nitrogens with two attached hydrogens (primary N) is 1. The van der Waals surface area contributed by atoms with E-state index in [0.29, 0.717) is 11.5 Å². The second-order valence-corrected chi connectivity index (χ2v) is 6.41. The third kappa shape index (κ3) is 5.23. The van der Waals surface area contributed by atoms with Crippen LogP contribution >= 0.6 is 0 Å². The molecule has 142 valence electrons. The molecule has 2 heterocycles. The van der Waals surface area contributed by atoms with E-state index < -0.39 is 34.4 Å². The van der Waals surface area contributed by atoms with E-state index in [1.807, 2.05) is 0 Å². The predicted molar refractivity (Wildman–Crippen MR) is 80.2 cm³/mol. The number of urea groups is 1. The summed E-state index contributed by atoms with van der Waals surface area (Å²) in [6.45, 7) is 0.160. The fraction of sp³-hybridized carbons (Fsp3) is 0.727. The van der Waals surface area contributed by atoms with E-state index in [0.717, 1.165) is 4.90 Å². The van der Waals surface area contributed by atoms with Crippen LogP contribution < -0.4 is 11.2 Å². The van der Waals surface area contributed by atoms with E-state index in [-0.39, 0.29) is 38.6 Å². The van der Waals surface area contributed by atoms with Crippen LogP contribution in [0.2, 0.25) is 0 Å². The second kappa shape index (κ2) is 7.92. The van der Waals surface area contributed by atoms with Gasteiger partial charge in [-0.25, -0.2) is 10.3 Å². The number of piperidine rings is 1. The molecule has 25 heavy (non-hydrogen) atoms. The predicted octanol–water partition coefficient (Wildman–Crippen LogP) is -2.01. The Labute approximate surface area is 143 Å². The monoisotopic (exact) mass is 381 g/mol. The number of amides is 3. The normalized spacial score (nSPS) is 23.0. The fourth-order valence-corrected chi connectivity index (χ4v) is 2.97. The SMILES string of the molecule is N=C(N)COCCONC(=O)[C@@H]1CC[C@@H]2CN1C(=O)N2OS(=O)(=O)O. The highest BCUT2D eigenvalue weighted by atomic mass is 32.3. The molecule has 0 aliphatic carbocycles. The van der Waals surface area contributed by atoms with Gasteiger partial charge in [-0.15, -0.1) is 4.28 Å². The zero-order valence-electron chi connectivity index (χ0n) is 13.1. The second-order valence-electron chi connectivity index (χ2n) is 5.40. The van der Waals surface area contributed by atoms with Crippen molar-refractivity contribution in [3.8, 4) is 0 Å². The van der Waals surface area contributed by atoms with Crippen molar-refractivity contribution in [3.05, 3.63) is 0 Å². The lowest BCUT2D eigenvalue weighted by atomic mass is 10.0. The highest BCUT2D eigenvalue weighted by Crippen LogP contribution is 2.30. The Morgan fingerprint density at radius 2 is 2.12 bits per heavy atom. The zero-order valence-corrected chi connectivity index (χ0v) is 13.9. The summed E-state index contributed by atoms with van der Waals surface area (Å²) in [4.78, 5) is 30.3. The maximum absolute atomic E-state index is 12.1. The van der Waals surface area contributed by atoms with Crippen molar-refractivity contribution in [1.82, 2.24) is 15.4 Å². The summed E-state index contributed by atoms with van der Waals surface area (Å²) in [5.74, 6) is -0.711. The lowest BCUT2D eigenvalue weighted by molar-refractivity contribution is -0.140. The number of nitrogens with one attached hydrogen (secondary N) is 2. The molecular weight excluding hydrogens is 362 g/mol. The number of hydrogen-bond acceptors (Lipinski definition) is 8. The topological polar surface area (TPSA) is 185 Å². The smallest absolute Gasteiger partial charge is 0.386 e. The van der Waals surface area contributed by atoms with Gasteiger partial charge in [-0.3, -0.25) is 19.6 Å². The number of amidine groups is 1. The van der Waals surface area contributed by atoms with E-state index in [2.05, 4.69) is 9.76 Å². The standard InChI is InChI=1S/C11H19N5O8S/c12-9(13)6-22-3-4-23-14-10(17)8-2-1-7-5-15(8)11(18)16(7)24-25(19,20)21/h7-8H,1-6H2,(H3,12,13)(H,14,17)(H,19,20,21)/t7-,8+/m1/s1. The molecular formula is C11H19N5O8S. The first kappa shape index (κ1) is 19.3. The molecule has 2 rings (SSSR count). The first-order chi connectivity index (χ1) is 11.7. The third-order valence-electron chi connectivity index (χ3n) is 3.56. The van der Waals surface area contributed by atoms with Gasteiger partial charge in [0.15, 0.2) is 0 Å². The molecule has 0 saturated carbocycles. The van der Waals surface area contributed by atoms with Crippen LogP contribution in [-0.2, 0) is 29.1 Å². The van der Waals surface area contributed by atoms with E-state index >= 15 is 0 Å². The highest BCUT2D eigenvalue weighted by Gasteiger charge is 2.49. The minimum absolute atomic E-state index is 0.0142. The van der Waals surface area contributed by atoms with Gasteiger partial charge in [-0.05, 0) is 12.8 Å². The number of hydrogen-bond donors (Lipinski definition) is 4. The van der Waals surface area contributed by atoms with E-state index in [1.54, 1.807) is 0 Å². The minimum Gasteiger partial charge on any atom is -0.386 e. The summed E-state index contributed by atoms with van der Waals surface area (Å²) in [5, 5.41) is 7.51. The number of rotatable bonds is 9. The molecule has 13 nitrogen and oxygen atoms in total. The molecule has 0 radical (unpaired) electrons. The van der Waals surface area contributed by atoms with Crippen LogP contribution in [0.4, 0.5) is 4.79 Å². The molecule has 0 aromatic carbocycles. The molecule has 0 aromatic heterocycles. The molecule has 2 atom stereocenters. The van der Waals surface area contributed by atoms with Gasteiger partial charge < -0.3 is 15.4 Å². The summed E-state index contributed by atoms with van der Waals surface area (Å²) in [6.07, 6.45) is 0.593. The Morgan fingerprint density at radius 3 is 2.76 bits per heavy atom. The Balaban J connectivity index is 1.81. The molecule has 2 aliphatic rings. The van der Waals surface area contributed by atoms with Crippen LogP contribution in [-0.4, -0.2) is 79.2 Å². The molecule has 2 saturated heterocycles. The maximum Gasteiger partial charge on any atom is 0.418 e. The largest absolute Gasteiger partial charge is 0.418 e. The van der Waals surface area contributed by atoms with Crippen molar-refractivity contribution in [2.24, 2.45) is 5.73 Å². The third-order valence-corrected chi connectivity index (χ3v) is 3.91. The molecule has 14 heteroatoms.